The molecule has 0 amide bonds. The van der Waals surface area contributed by atoms with Crippen molar-refractivity contribution in [2.24, 2.45) is 0 Å². The number of benzene rings is 2. The maximum atomic E-state index is 12.6. The van der Waals surface area contributed by atoms with E-state index in [0.717, 1.165) is 22.7 Å². The van der Waals surface area contributed by atoms with Gasteiger partial charge in [-0.05, 0) is 36.4 Å². The third kappa shape index (κ3) is 3.69. The van der Waals surface area contributed by atoms with Crippen molar-refractivity contribution >= 4 is 86.0 Å². The first-order valence-electron chi connectivity index (χ1n) is 7.22. The maximum absolute atomic E-state index is 12.6. The summed E-state index contributed by atoms with van der Waals surface area (Å²) in [4.78, 5) is 8.06. The van der Waals surface area contributed by atoms with Gasteiger partial charge in [0.2, 0.25) is 28.4 Å². The third-order valence-corrected chi connectivity index (χ3v) is 11.4. The fourth-order valence-corrected chi connectivity index (χ4v) is 9.61. The number of hydrogen-bond donors (Lipinski definition) is 0. The molecule has 0 aliphatic carbocycles. The minimum absolute atomic E-state index is 0.271. The zero-order chi connectivity index (χ0) is 19.4. The van der Waals surface area contributed by atoms with Gasteiger partial charge in [0.05, 0.1) is 20.4 Å². The largest absolute Gasteiger partial charge is 0.225 e. The lowest BCUT2D eigenvalue weighted by atomic mass is 10.3. The fourth-order valence-electron chi connectivity index (χ4n) is 2.33. The second-order valence-corrected chi connectivity index (χ2v) is 13.2. The van der Waals surface area contributed by atoms with Gasteiger partial charge in [0, 0.05) is 10.0 Å². The van der Waals surface area contributed by atoms with E-state index in [0.29, 0.717) is 30.5 Å². The highest BCUT2D eigenvalue weighted by Crippen LogP contribution is 2.32. The van der Waals surface area contributed by atoms with E-state index in [-0.39, 0.29) is 8.68 Å². The summed E-state index contributed by atoms with van der Waals surface area (Å²) in [6.07, 6.45) is 0. The molecule has 0 saturated heterocycles. The summed E-state index contributed by atoms with van der Waals surface area (Å²) < 4.78 is 51.1. The van der Waals surface area contributed by atoms with Crippen molar-refractivity contribution in [3.05, 3.63) is 46.4 Å². The second kappa shape index (κ2) is 6.64. The van der Waals surface area contributed by atoms with Crippen LogP contribution in [0.4, 0.5) is 0 Å². The van der Waals surface area contributed by atoms with Crippen LogP contribution >= 0.6 is 45.9 Å². The van der Waals surface area contributed by atoms with Crippen molar-refractivity contribution in [3.63, 3.8) is 0 Å². The Morgan fingerprint density at radius 3 is 1.56 bits per heavy atom. The van der Waals surface area contributed by atoms with Crippen molar-refractivity contribution in [2.75, 3.05) is 5.08 Å². The molecule has 0 spiro atoms. The second-order valence-electron chi connectivity index (χ2n) is 5.53. The summed E-state index contributed by atoms with van der Waals surface area (Å²) in [5.74, 6) is 0. The molecule has 27 heavy (non-hydrogen) atoms. The Labute approximate surface area is 172 Å². The quantitative estimate of drug-likeness (QED) is 0.430. The Kier molecular flexibility index (Phi) is 4.68. The van der Waals surface area contributed by atoms with E-state index < -0.39 is 24.8 Å². The molecule has 4 aromatic rings. The molecular formula is C15H8Cl2N2O4S4. The van der Waals surface area contributed by atoms with Gasteiger partial charge in [0.1, 0.15) is 0 Å². The number of fused-ring (bicyclic) bond motifs is 2. The number of hydrogen-bond acceptors (Lipinski definition) is 8. The fraction of sp³-hybridized carbons (Fsp3) is 0.0667. The lowest BCUT2D eigenvalue weighted by Gasteiger charge is -2.00. The van der Waals surface area contributed by atoms with Gasteiger partial charge in [-0.3, -0.25) is 0 Å². The Hall–Kier alpha value is -1.30. The topological polar surface area (TPSA) is 94.1 Å². The van der Waals surface area contributed by atoms with Gasteiger partial charge in [0.25, 0.3) is 0 Å². The SMILES string of the molecule is O=S(=O)(CS(=O)(=O)c1nc2ccc(Cl)cc2s1)c1nc2ccc(Cl)cc2s1. The van der Waals surface area contributed by atoms with E-state index in [1.165, 1.54) is 0 Å². The van der Waals surface area contributed by atoms with Crippen molar-refractivity contribution in [3.8, 4) is 0 Å². The lowest BCUT2D eigenvalue weighted by Crippen LogP contribution is -2.16. The Bertz CT molecular complexity index is 1300. The van der Waals surface area contributed by atoms with E-state index in [1.54, 1.807) is 36.4 Å². The van der Waals surface area contributed by atoms with Gasteiger partial charge >= 0.3 is 0 Å². The van der Waals surface area contributed by atoms with E-state index in [4.69, 9.17) is 23.2 Å². The molecular weight excluding hydrogens is 471 g/mol. The van der Waals surface area contributed by atoms with Crippen LogP contribution in [-0.2, 0) is 19.7 Å². The highest BCUT2D eigenvalue weighted by molar-refractivity contribution is 8.09. The van der Waals surface area contributed by atoms with Crippen LogP contribution in [0.1, 0.15) is 0 Å². The maximum Gasteiger partial charge on any atom is 0.220 e. The number of sulfone groups is 2. The molecule has 0 aliphatic rings. The van der Waals surface area contributed by atoms with Gasteiger partial charge in [-0.15, -0.1) is 22.7 Å². The number of aromatic nitrogens is 2. The molecule has 2 heterocycles. The van der Waals surface area contributed by atoms with Crippen LogP contribution in [0.2, 0.25) is 10.0 Å². The average Bonchev–Trinajstić information content (AvgIpc) is 3.17. The van der Waals surface area contributed by atoms with Crippen molar-refractivity contribution < 1.29 is 16.8 Å². The molecule has 0 radical (unpaired) electrons. The minimum Gasteiger partial charge on any atom is -0.225 e. The molecule has 12 heteroatoms. The molecule has 0 N–H and O–H groups in total. The Morgan fingerprint density at radius 2 is 1.15 bits per heavy atom. The zero-order valence-electron chi connectivity index (χ0n) is 13.1. The first-order chi connectivity index (χ1) is 12.6. The first kappa shape index (κ1) is 19.0. The molecule has 140 valence electrons. The van der Waals surface area contributed by atoms with E-state index in [1.807, 2.05) is 0 Å². The summed E-state index contributed by atoms with van der Waals surface area (Å²) in [5.41, 5.74) is 0.880. The summed E-state index contributed by atoms with van der Waals surface area (Å²) in [6, 6.07) is 9.50. The van der Waals surface area contributed by atoms with Crippen LogP contribution < -0.4 is 0 Å². The highest BCUT2D eigenvalue weighted by atomic mass is 35.5. The van der Waals surface area contributed by atoms with Crippen LogP contribution in [0, 0.1) is 0 Å². The molecule has 0 aliphatic heterocycles. The summed E-state index contributed by atoms with van der Waals surface area (Å²) in [5, 5.41) is -0.229. The number of halogens is 2. The molecule has 0 bridgehead atoms. The molecule has 0 atom stereocenters. The molecule has 4 rings (SSSR count). The summed E-state index contributed by atoms with van der Waals surface area (Å²) in [7, 11) is -8.34. The smallest absolute Gasteiger partial charge is 0.220 e. The molecule has 2 aromatic carbocycles. The van der Waals surface area contributed by atoms with Gasteiger partial charge < -0.3 is 0 Å². The monoisotopic (exact) mass is 478 g/mol. The predicted octanol–water partition coefficient (Wildman–Crippen LogP) is 4.42. The Balaban J connectivity index is 1.72. The Morgan fingerprint density at radius 1 is 0.741 bits per heavy atom. The van der Waals surface area contributed by atoms with E-state index >= 15 is 0 Å². The van der Waals surface area contributed by atoms with Crippen molar-refractivity contribution in [1.29, 1.82) is 0 Å². The number of rotatable bonds is 4. The van der Waals surface area contributed by atoms with Gasteiger partial charge in [0.15, 0.2) is 5.08 Å². The highest BCUT2D eigenvalue weighted by Gasteiger charge is 2.31. The molecule has 0 unspecified atom stereocenters. The molecule has 0 fully saturated rings. The van der Waals surface area contributed by atoms with Crippen molar-refractivity contribution in [2.45, 2.75) is 8.68 Å². The molecule has 2 aromatic heterocycles. The number of thiazole rings is 2. The van der Waals surface area contributed by atoms with Gasteiger partial charge in [-0.25, -0.2) is 26.8 Å². The van der Waals surface area contributed by atoms with Crippen LogP contribution in [0.3, 0.4) is 0 Å². The lowest BCUT2D eigenvalue weighted by molar-refractivity contribution is 0.588. The van der Waals surface area contributed by atoms with Crippen LogP contribution in [0.15, 0.2) is 45.1 Å². The summed E-state index contributed by atoms with van der Waals surface area (Å²) >= 11 is 13.5. The van der Waals surface area contributed by atoms with Crippen LogP contribution in [0.5, 0.6) is 0 Å². The average molecular weight is 479 g/mol. The summed E-state index contributed by atoms with van der Waals surface area (Å²) in [6.45, 7) is 0. The zero-order valence-corrected chi connectivity index (χ0v) is 17.9. The third-order valence-electron chi connectivity index (χ3n) is 3.50. The van der Waals surface area contributed by atoms with Gasteiger partial charge in [-0.1, -0.05) is 23.2 Å². The normalized spacial score (nSPS) is 12.8. The van der Waals surface area contributed by atoms with E-state index in [2.05, 4.69) is 9.97 Å². The standard InChI is InChI=1S/C15H8Cl2N2O4S4/c16-8-1-3-10-12(5-8)24-14(18-10)26(20,21)7-27(22,23)15-19-11-4-2-9(17)6-13(11)25-15/h1-6H,7H2. The molecule has 6 nitrogen and oxygen atoms in total. The van der Waals surface area contributed by atoms with Crippen LogP contribution in [-0.4, -0.2) is 31.9 Å². The van der Waals surface area contributed by atoms with Crippen molar-refractivity contribution in [1.82, 2.24) is 9.97 Å². The van der Waals surface area contributed by atoms with Gasteiger partial charge in [-0.2, -0.15) is 0 Å². The molecule has 0 saturated carbocycles. The van der Waals surface area contributed by atoms with E-state index in [9.17, 15) is 16.8 Å². The minimum atomic E-state index is -4.17. The van der Waals surface area contributed by atoms with Crippen LogP contribution in [0.25, 0.3) is 20.4 Å². The predicted molar refractivity (Wildman–Crippen MR) is 108 cm³/mol. The first-order valence-corrected chi connectivity index (χ1v) is 12.9. The number of nitrogens with zero attached hydrogens (tertiary/aromatic N) is 2.